The maximum Gasteiger partial charge on any atom is 0.494 e. The molecule has 1 aliphatic heterocycles. The molecular formula is C25H36BN3O4. The van der Waals surface area contributed by atoms with Crippen LogP contribution in [-0.2, 0) is 14.0 Å². The van der Waals surface area contributed by atoms with Gasteiger partial charge in [0.2, 0.25) is 0 Å². The fraction of sp³-hybridized carbons (Fsp3) is 0.600. The lowest BCUT2D eigenvalue weighted by Crippen LogP contribution is -2.41. The summed E-state index contributed by atoms with van der Waals surface area (Å²) in [6.07, 6.45) is 4.44. The van der Waals surface area contributed by atoms with E-state index in [-0.39, 0.29) is 36.4 Å². The fourth-order valence-electron chi connectivity index (χ4n) is 4.39. The van der Waals surface area contributed by atoms with Crippen LogP contribution < -0.4 is 10.8 Å². The number of nitrogens with zero attached hydrogens (tertiary/aromatic N) is 1. The first-order valence-corrected chi connectivity index (χ1v) is 11.8. The zero-order valence-electron chi connectivity index (χ0n) is 20.8. The molecule has 1 saturated heterocycles. The zero-order valence-corrected chi connectivity index (χ0v) is 20.8. The van der Waals surface area contributed by atoms with E-state index in [1.807, 2.05) is 39.1 Å². The third kappa shape index (κ3) is 5.12. The number of aromatic nitrogens is 2. The Bertz CT molecular complexity index is 978. The highest BCUT2D eigenvalue weighted by Gasteiger charge is 2.51. The van der Waals surface area contributed by atoms with Gasteiger partial charge < -0.3 is 24.3 Å². The molecule has 0 spiro atoms. The second kappa shape index (κ2) is 8.47. The molecule has 0 bridgehead atoms. The van der Waals surface area contributed by atoms with Crippen molar-refractivity contribution in [3.05, 3.63) is 36.3 Å². The molecule has 0 radical (unpaired) electrons. The van der Waals surface area contributed by atoms with Gasteiger partial charge in [-0.25, -0.2) is 9.78 Å². The van der Waals surface area contributed by atoms with Gasteiger partial charge in [0.1, 0.15) is 11.4 Å². The van der Waals surface area contributed by atoms with Crippen LogP contribution in [-0.4, -0.2) is 46.0 Å². The molecule has 1 unspecified atom stereocenters. The van der Waals surface area contributed by atoms with Gasteiger partial charge in [-0.3, -0.25) is 0 Å². The minimum atomic E-state index is -0.512. The van der Waals surface area contributed by atoms with E-state index in [9.17, 15) is 4.79 Å². The summed E-state index contributed by atoms with van der Waals surface area (Å²) in [6, 6.07) is 8.22. The standard InChI is InChI=1S/C25H36BN3O4/c1-23(2,3)31-22(30)29-19-10-8-9-18(19)21-27-15-20(28-21)16-11-13-17(14-12-16)26-32-24(4,5)25(6,7)33-26/h11-15,18-19H,8-10H2,1-7H3,(H,27,28)(H,29,30)/t18-,19?/m1/s1. The van der Waals surface area contributed by atoms with Gasteiger partial charge in [0, 0.05) is 12.0 Å². The summed E-state index contributed by atoms with van der Waals surface area (Å²) >= 11 is 0. The van der Waals surface area contributed by atoms with Gasteiger partial charge in [-0.1, -0.05) is 30.7 Å². The highest BCUT2D eigenvalue weighted by atomic mass is 16.7. The third-order valence-corrected chi connectivity index (χ3v) is 6.91. The zero-order chi connectivity index (χ0) is 24.0. The summed E-state index contributed by atoms with van der Waals surface area (Å²) in [5.74, 6) is 1.05. The van der Waals surface area contributed by atoms with Gasteiger partial charge in [0.15, 0.2) is 0 Å². The number of H-pyrrole nitrogens is 1. The Hall–Kier alpha value is -2.32. The lowest BCUT2D eigenvalue weighted by atomic mass is 9.79. The van der Waals surface area contributed by atoms with E-state index in [0.717, 1.165) is 41.8 Å². The van der Waals surface area contributed by atoms with Crippen molar-refractivity contribution in [1.82, 2.24) is 15.3 Å². The van der Waals surface area contributed by atoms with Crippen LogP contribution in [0.25, 0.3) is 11.3 Å². The first-order valence-electron chi connectivity index (χ1n) is 11.8. The lowest BCUT2D eigenvalue weighted by Gasteiger charge is -2.32. The Balaban J connectivity index is 1.43. The summed E-state index contributed by atoms with van der Waals surface area (Å²) in [5, 5.41) is 3.04. The summed E-state index contributed by atoms with van der Waals surface area (Å²) in [7, 11) is -0.375. The Kier molecular flexibility index (Phi) is 6.12. The number of rotatable bonds is 4. The molecule has 2 aliphatic rings. The van der Waals surface area contributed by atoms with Gasteiger partial charge in [-0.05, 0) is 72.3 Å². The predicted molar refractivity (Wildman–Crippen MR) is 129 cm³/mol. The first kappa shape index (κ1) is 23.8. The Morgan fingerprint density at radius 1 is 1.12 bits per heavy atom. The van der Waals surface area contributed by atoms with Crippen molar-refractivity contribution in [1.29, 1.82) is 0 Å². The maximum atomic E-state index is 12.3. The van der Waals surface area contributed by atoms with Crippen molar-refractivity contribution in [3.8, 4) is 11.3 Å². The normalized spacial score (nSPS) is 24.2. The highest BCUT2D eigenvalue weighted by molar-refractivity contribution is 6.62. The molecule has 1 saturated carbocycles. The summed E-state index contributed by atoms with van der Waals surface area (Å²) in [6.45, 7) is 13.8. The number of carbonyl (C=O) groups is 1. The van der Waals surface area contributed by atoms with E-state index < -0.39 is 5.60 Å². The Morgan fingerprint density at radius 3 is 2.36 bits per heavy atom. The number of aromatic amines is 1. The van der Waals surface area contributed by atoms with Crippen LogP contribution in [0, 0.1) is 0 Å². The second-order valence-corrected chi connectivity index (χ2v) is 11.2. The highest BCUT2D eigenvalue weighted by Crippen LogP contribution is 2.37. The second-order valence-electron chi connectivity index (χ2n) is 11.2. The molecule has 1 aromatic heterocycles. The molecule has 1 aromatic carbocycles. The number of benzene rings is 1. The molecule has 2 heterocycles. The van der Waals surface area contributed by atoms with Crippen LogP contribution in [0.4, 0.5) is 4.79 Å². The predicted octanol–water partition coefficient (Wildman–Crippen LogP) is 4.54. The molecule has 1 amide bonds. The number of carbonyl (C=O) groups excluding carboxylic acids is 1. The summed E-state index contributed by atoms with van der Waals surface area (Å²) in [5.41, 5.74) is 1.76. The van der Waals surface area contributed by atoms with Crippen LogP contribution in [0.1, 0.15) is 79.5 Å². The molecule has 8 heteroatoms. The lowest BCUT2D eigenvalue weighted by molar-refractivity contribution is 0.00578. The molecule has 178 valence electrons. The monoisotopic (exact) mass is 453 g/mol. The molecule has 33 heavy (non-hydrogen) atoms. The molecular weight excluding hydrogens is 417 g/mol. The van der Waals surface area contributed by atoms with Crippen molar-refractivity contribution in [2.75, 3.05) is 0 Å². The minimum Gasteiger partial charge on any atom is -0.444 e. The van der Waals surface area contributed by atoms with Gasteiger partial charge in [-0.15, -0.1) is 0 Å². The maximum absolute atomic E-state index is 12.3. The number of hydrogen-bond acceptors (Lipinski definition) is 5. The largest absolute Gasteiger partial charge is 0.494 e. The van der Waals surface area contributed by atoms with E-state index in [2.05, 4.69) is 55.1 Å². The average molecular weight is 453 g/mol. The van der Waals surface area contributed by atoms with Gasteiger partial charge in [0.05, 0.1) is 23.1 Å². The molecule has 7 nitrogen and oxygen atoms in total. The van der Waals surface area contributed by atoms with Gasteiger partial charge >= 0.3 is 13.2 Å². The van der Waals surface area contributed by atoms with E-state index >= 15 is 0 Å². The minimum absolute atomic E-state index is 0.0181. The summed E-state index contributed by atoms with van der Waals surface area (Å²) in [4.78, 5) is 20.4. The van der Waals surface area contributed by atoms with Crippen LogP contribution in [0.15, 0.2) is 30.5 Å². The quantitative estimate of drug-likeness (QED) is 0.665. The van der Waals surface area contributed by atoms with Crippen molar-refractivity contribution >= 4 is 18.7 Å². The van der Waals surface area contributed by atoms with Crippen LogP contribution >= 0.6 is 0 Å². The number of ether oxygens (including phenoxy) is 1. The topological polar surface area (TPSA) is 85.5 Å². The van der Waals surface area contributed by atoms with E-state index in [0.29, 0.717) is 0 Å². The molecule has 1 aliphatic carbocycles. The summed E-state index contributed by atoms with van der Waals surface area (Å²) < 4.78 is 17.7. The molecule has 2 atom stereocenters. The van der Waals surface area contributed by atoms with Crippen molar-refractivity contribution in [2.45, 2.75) is 96.5 Å². The Labute approximate surface area is 197 Å². The van der Waals surface area contributed by atoms with E-state index in [1.54, 1.807) is 0 Å². The number of hydrogen-bond donors (Lipinski definition) is 2. The SMILES string of the molecule is CC(C)(C)OC(=O)NC1CCC[C@H]1c1ncc(-c2ccc(B3OC(C)(C)C(C)(C)O3)cc2)[nH]1. The molecule has 2 fully saturated rings. The van der Waals surface area contributed by atoms with E-state index in [1.165, 1.54) is 0 Å². The fourth-order valence-corrected chi connectivity index (χ4v) is 4.39. The van der Waals surface area contributed by atoms with Crippen LogP contribution in [0.5, 0.6) is 0 Å². The van der Waals surface area contributed by atoms with Crippen molar-refractivity contribution in [2.24, 2.45) is 0 Å². The van der Waals surface area contributed by atoms with E-state index in [4.69, 9.17) is 14.0 Å². The number of alkyl carbamates (subject to hydrolysis) is 1. The molecule has 4 rings (SSSR count). The van der Waals surface area contributed by atoms with Gasteiger partial charge in [0.25, 0.3) is 0 Å². The Morgan fingerprint density at radius 2 is 1.76 bits per heavy atom. The smallest absolute Gasteiger partial charge is 0.444 e. The van der Waals surface area contributed by atoms with Crippen molar-refractivity contribution in [3.63, 3.8) is 0 Å². The number of imidazole rings is 1. The van der Waals surface area contributed by atoms with Crippen LogP contribution in [0.3, 0.4) is 0 Å². The molecule has 2 N–H and O–H groups in total. The molecule has 2 aromatic rings. The average Bonchev–Trinajstić information content (AvgIpc) is 3.39. The first-order chi connectivity index (χ1) is 15.3. The number of amides is 1. The number of nitrogens with one attached hydrogen (secondary N) is 2. The third-order valence-electron chi connectivity index (χ3n) is 6.91. The van der Waals surface area contributed by atoms with Crippen molar-refractivity contribution < 1.29 is 18.8 Å². The van der Waals surface area contributed by atoms with Gasteiger partial charge in [-0.2, -0.15) is 0 Å². The van der Waals surface area contributed by atoms with Crippen LogP contribution in [0.2, 0.25) is 0 Å².